The maximum Gasteiger partial charge on any atom is 0.166 e. The molecule has 1 aliphatic rings. The van der Waals surface area contributed by atoms with Gasteiger partial charge in [0, 0.05) is 31.3 Å². The largest absolute Gasteiger partial charge is 0.388 e. The van der Waals surface area contributed by atoms with Crippen molar-refractivity contribution in [2.24, 2.45) is 0 Å². The number of benzene rings is 1. The van der Waals surface area contributed by atoms with Crippen LogP contribution in [0.1, 0.15) is 25.1 Å². The van der Waals surface area contributed by atoms with E-state index in [1.54, 1.807) is 0 Å². The summed E-state index contributed by atoms with van der Waals surface area (Å²) in [6.45, 7) is 1.04. The van der Waals surface area contributed by atoms with Gasteiger partial charge in [-0.15, -0.1) is 10.2 Å². The quantitative estimate of drug-likeness (QED) is 0.880. The molecule has 1 N–H and O–H groups in total. The molecule has 1 aliphatic heterocycles. The molecule has 18 heavy (non-hydrogen) atoms. The maximum atomic E-state index is 4.39. The van der Waals surface area contributed by atoms with Crippen molar-refractivity contribution >= 4 is 5.69 Å². The lowest BCUT2D eigenvalue weighted by Gasteiger charge is -2.10. The van der Waals surface area contributed by atoms with Crippen molar-refractivity contribution in [3.8, 4) is 11.4 Å². The lowest BCUT2D eigenvalue weighted by Crippen LogP contribution is -2.04. The first-order valence-corrected chi connectivity index (χ1v) is 6.59. The summed E-state index contributed by atoms with van der Waals surface area (Å²) in [7, 11) is 1.94. The van der Waals surface area contributed by atoms with Crippen molar-refractivity contribution < 1.29 is 0 Å². The molecule has 2 aromatic rings. The van der Waals surface area contributed by atoms with E-state index < -0.39 is 0 Å². The highest BCUT2D eigenvalue weighted by Gasteiger charge is 2.17. The van der Waals surface area contributed by atoms with E-state index in [0.717, 1.165) is 35.9 Å². The summed E-state index contributed by atoms with van der Waals surface area (Å²) in [4.78, 5) is 0. The van der Waals surface area contributed by atoms with Crippen LogP contribution in [0.2, 0.25) is 0 Å². The Bertz CT molecular complexity index is 544. The van der Waals surface area contributed by atoms with Crippen LogP contribution in [0.4, 0.5) is 5.69 Å². The molecular formula is C14H18N4. The maximum absolute atomic E-state index is 4.39. The van der Waals surface area contributed by atoms with Crippen LogP contribution in [0.5, 0.6) is 0 Å². The third-order valence-electron chi connectivity index (χ3n) is 3.55. The summed E-state index contributed by atoms with van der Waals surface area (Å²) in [5, 5.41) is 12.0. The second-order valence-electron chi connectivity index (χ2n) is 4.70. The van der Waals surface area contributed by atoms with Gasteiger partial charge in [-0.2, -0.15) is 0 Å². The zero-order valence-electron chi connectivity index (χ0n) is 10.7. The Hall–Kier alpha value is -1.84. The molecule has 0 bridgehead atoms. The number of nitrogens with zero attached hydrogens (tertiary/aromatic N) is 3. The van der Waals surface area contributed by atoms with E-state index in [-0.39, 0.29) is 0 Å². The first kappa shape index (κ1) is 11.3. The van der Waals surface area contributed by atoms with Crippen LogP contribution in [0.15, 0.2) is 24.3 Å². The van der Waals surface area contributed by atoms with E-state index in [4.69, 9.17) is 0 Å². The Balaban J connectivity index is 2.09. The normalized spacial score (nSPS) is 14.9. The summed E-state index contributed by atoms with van der Waals surface area (Å²) >= 11 is 0. The van der Waals surface area contributed by atoms with Crippen LogP contribution < -0.4 is 5.32 Å². The molecule has 0 fully saturated rings. The Morgan fingerprint density at radius 2 is 2.00 bits per heavy atom. The second-order valence-corrected chi connectivity index (χ2v) is 4.70. The molecule has 3 rings (SSSR count). The molecule has 0 saturated heterocycles. The number of hydrogen-bond donors (Lipinski definition) is 1. The molecule has 2 heterocycles. The van der Waals surface area contributed by atoms with Gasteiger partial charge in [0.1, 0.15) is 5.82 Å². The topological polar surface area (TPSA) is 42.7 Å². The van der Waals surface area contributed by atoms with E-state index in [0.29, 0.717) is 0 Å². The fourth-order valence-corrected chi connectivity index (χ4v) is 2.58. The molecule has 4 heteroatoms. The summed E-state index contributed by atoms with van der Waals surface area (Å²) in [5.74, 6) is 2.13. The van der Waals surface area contributed by atoms with Gasteiger partial charge in [-0.25, -0.2) is 0 Å². The van der Waals surface area contributed by atoms with Crippen molar-refractivity contribution in [2.45, 2.75) is 32.2 Å². The Kier molecular flexibility index (Phi) is 3.00. The van der Waals surface area contributed by atoms with Gasteiger partial charge in [0.15, 0.2) is 5.82 Å². The molecule has 4 nitrogen and oxygen atoms in total. The van der Waals surface area contributed by atoms with Gasteiger partial charge in [0.25, 0.3) is 0 Å². The van der Waals surface area contributed by atoms with E-state index in [1.165, 1.54) is 19.3 Å². The Morgan fingerprint density at radius 3 is 2.89 bits per heavy atom. The number of aromatic nitrogens is 3. The summed E-state index contributed by atoms with van der Waals surface area (Å²) in [6.07, 6.45) is 4.79. The number of rotatable bonds is 2. The van der Waals surface area contributed by atoms with Gasteiger partial charge in [-0.1, -0.05) is 18.6 Å². The minimum absolute atomic E-state index is 0.997. The summed E-state index contributed by atoms with van der Waals surface area (Å²) in [6, 6.07) is 8.27. The number of para-hydroxylation sites is 1. The number of nitrogens with one attached hydrogen (secondary N) is 1. The highest BCUT2D eigenvalue weighted by Crippen LogP contribution is 2.28. The van der Waals surface area contributed by atoms with Crippen molar-refractivity contribution in [2.75, 3.05) is 12.4 Å². The fraction of sp³-hybridized carbons (Fsp3) is 0.429. The van der Waals surface area contributed by atoms with Crippen LogP contribution in [0.3, 0.4) is 0 Å². The van der Waals surface area contributed by atoms with Crippen LogP contribution >= 0.6 is 0 Å². The van der Waals surface area contributed by atoms with E-state index in [1.807, 2.05) is 13.1 Å². The lowest BCUT2D eigenvalue weighted by atomic mass is 10.1. The van der Waals surface area contributed by atoms with Gasteiger partial charge in [-0.05, 0) is 25.0 Å². The summed E-state index contributed by atoms with van der Waals surface area (Å²) in [5.41, 5.74) is 2.25. The molecule has 1 aromatic carbocycles. The lowest BCUT2D eigenvalue weighted by molar-refractivity contribution is 0.637. The van der Waals surface area contributed by atoms with Gasteiger partial charge >= 0.3 is 0 Å². The smallest absolute Gasteiger partial charge is 0.166 e. The van der Waals surface area contributed by atoms with Crippen LogP contribution in [-0.2, 0) is 13.0 Å². The third kappa shape index (κ3) is 1.88. The van der Waals surface area contributed by atoms with E-state index in [2.05, 4.69) is 38.3 Å². The Labute approximate surface area is 107 Å². The number of fused-ring (bicyclic) bond motifs is 1. The predicted molar refractivity (Wildman–Crippen MR) is 72.6 cm³/mol. The van der Waals surface area contributed by atoms with Gasteiger partial charge in [-0.3, -0.25) is 0 Å². The van der Waals surface area contributed by atoms with Crippen LogP contribution in [0.25, 0.3) is 11.4 Å². The SMILES string of the molecule is CNc1ccccc1-c1nnc2n1CCCCC2. The van der Waals surface area contributed by atoms with Crippen molar-refractivity contribution in [1.82, 2.24) is 14.8 Å². The first-order valence-electron chi connectivity index (χ1n) is 6.59. The van der Waals surface area contributed by atoms with E-state index in [9.17, 15) is 0 Å². The summed E-state index contributed by atoms with van der Waals surface area (Å²) < 4.78 is 2.28. The zero-order chi connectivity index (χ0) is 12.4. The number of anilines is 1. The van der Waals surface area contributed by atoms with E-state index >= 15 is 0 Å². The fourth-order valence-electron chi connectivity index (χ4n) is 2.58. The molecular weight excluding hydrogens is 224 g/mol. The highest BCUT2D eigenvalue weighted by atomic mass is 15.3. The molecule has 0 saturated carbocycles. The molecule has 0 spiro atoms. The minimum Gasteiger partial charge on any atom is -0.388 e. The van der Waals surface area contributed by atoms with Gasteiger partial charge in [0.2, 0.25) is 0 Å². The van der Waals surface area contributed by atoms with Crippen molar-refractivity contribution in [3.63, 3.8) is 0 Å². The van der Waals surface area contributed by atoms with Crippen LogP contribution in [0, 0.1) is 0 Å². The number of aryl methyl sites for hydroxylation is 1. The average molecular weight is 242 g/mol. The molecule has 0 aliphatic carbocycles. The van der Waals surface area contributed by atoms with Crippen molar-refractivity contribution in [1.29, 1.82) is 0 Å². The molecule has 0 radical (unpaired) electrons. The molecule has 1 aromatic heterocycles. The molecule has 0 unspecified atom stereocenters. The molecule has 94 valence electrons. The second kappa shape index (κ2) is 4.80. The number of hydrogen-bond acceptors (Lipinski definition) is 3. The zero-order valence-corrected chi connectivity index (χ0v) is 10.7. The minimum atomic E-state index is 0.997. The standard InChI is InChI=1S/C14H18N4/c1-15-12-8-5-4-7-11(12)14-17-16-13-9-3-2-6-10-18(13)14/h4-5,7-8,15H,2-3,6,9-10H2,1H3. The molecule has 0 amide bonds. The first-order chi connectivity index (χ1) is 8.90. The van der Waals surface area contributed by atoms with Gasteiger partial charge < -0.3 is 9.88 Å². The van der Waals surface area contributed by atoms with Crippen molar-refractivity contribution in [3.05, 3.63) is 30.1 Å². The molecule has 0 atom stereocenters. The Morgan fingerprint density at radius 1 is 1.11 bits per heavy atom. The highest BCUT2D eigenvalue weighted by molar-refractivity contribution is 5.73. The average Bonchev–Trinajstić information content (AvgIpc) is 2.67. The van der Waals surface area contributed by atoms with Gasteiger partial charge in [0.05, 0.1) is 0 Å². The third-order valence-corrected chi connectivity index (χ3v) is 3.55. The van der Waals surface area contributed by atoms with Crippen LogP contribution in [-0.4, -0.2) is 21.8 Å². The predicted octanol–water partition coefficient (Wildman–Crippen LogP) is 2.71. The monoisotopic (exact) mass is 242 g/mol.